The smallest absolute Gasteiger partial charge is 0.164 e. The van der Waals surface area contributed by atoms with Crippen molar-refractivity contribution in [1.29, 1.82) is 0 Å². The highest BCUT2D eigenvalue weighted by Gasteiger charge is 2.19. The molecule has 0 saturated carbocycles. The maximum absolute atomic E-state index is 5.21. The van der Waals surface area contributed by atoms with E-state index in [0.717, 1.165) is 61.0 Å². The van der Waals surface area contributed by atoms with E-state index < -0.39 is 0 Å². The molecule has 10 rings (SSSR count). The second-order valence-corrected chi connectivity index (χ2v) is 13.1. The van der Waals surface area contributed by atoms with Gasteiger partial charge in [-0.05, 0) is 60.8 Å². The van der Waals surface area contributed by atoms with Crippen molar-refractivity contribution in [3.63, 3.8) is 0 Å². The first-order chi connectivity index (χ1) is 26.2. The predicted octanol–water partition coefficient (Wildman–Crippen LogP) is 11.6. The number of benzene rings is 6. The van der Waals surface area contributed by atoms with E-state index in [2.05, 4.69) is 125 Å². The molecule has 250 valence electrons. The van der Waals surface area contributed by atoms with E-state index in [1.54, 1.807) is 6.08 Å². The molecular formula is C47H32N6. The van der Waals surface area contributed by atoms with Gasteiger partial charge in [-0.25, -0.2) is 19.9 Å². The summed E-state index contributed by atoms with van der Waals surface area (Å²) in [7, 11) is 0. The average molecular weight is 681 g/mol. The van der Waals surface area contributed by atoms with Crippen LogP contribution in [0.1, 0.15) is 12.7 Å². The Morgan fingerprint density at radius 1 is 0.547 bits per heavy atom. The fourth-order valence-corrected chi connectivity index (χ4v) is 7.69. The third-order valence-electron chi connectivity index (χ3n) is 9.98. The molecule has 10 aromatic rings. The first-order valence-corrected chi connectivity index (χ1v) is 17.7. The molecule has 0 amide bonds. The van der Waals surface area contributed by atoms with E-state index in [1.165, 1.54) is 21.5 Å². The average Bonchev–Trinajstić information content (AvgIpc) is 3.77. The van der Waals surface area contributed by atoms with Crippen molar-refractivity contribution in [2.45, 2.75) is 6.92 Å². The zero-order chi connectivity index (χ0) is 35.5. The second kappa shape index (κ2) is 12.2. The van der Waals surface area contributed by atoms with E-state index in [4.69, 9.17) is 19.9 Å². The molecular weight excluding hydrogens is 649 g/mol. The number of nitrogens with zero attached hydrogens (tertiary/aromatic N) is 6. The normalized spacial score (nSPS) is 12.4. The Morgan fingerprint density at radius 3 is 2.02 bits per heavy atom. The van der Waals surface area contributed by atoms with Crippen molar-refractivity contribution in [3.8, 4) is 28.5 Å². The van der Waals surface area contributed by atoms with Gasteiger partial charge >= 0.3 is 0 Å². The lowest BCUT2D eigenvalue weighted by molar-refractivity contribution is 1.04. The van der Waals surface area contributed by atoms with Crippen LogP contribution in [0.25, 0.3) is 94.2 Å². The molecule has 6 heteroatoms. The van der Waals surface area contributed by atoms with Gasteiger partial charge in [-0.3, -0.25) is 4.40 Å². The molecule has 6 aromatic carbocycles. The quantitative estimate of drug-likeness (QED) is 0.130. The number of aromatic nitrogens is 6. The fourth-order valence-electron chi connectivity index (χ4n) is 7.69. The lowest BCUT2D eigenvalue weighted by Gasteiger charge is -2.13. The third kappa shape index (κ3) is 4.88. The first-order valence-electron chi connectivity index (χ1n) is 17.7. The number of hydrogen-bond acceptors (Lipinski definition) is 4. The number of hydrogen-bond donors (Lipinski definition) is 0. The molecule has 0 aliphatic carbocycles. The minimum Gasteiger partial charge on any atom is -0.309 e. The fraction of sp³-hybridized carbons (Fsp3) is 0.0213. The van der Waals surface area contributed by atoms with Gasteiger partial charge in [0.15, 0.2) is 17.5 Å². The van der Waals surface area contributed by atoms with E-state index in [1.807, 2.05) is 55.5 Å². The van der Waals surface area contributed by atoms with Gasteiger partial charge in [0, 0.05) is 43.9 Å². The largest absolute Gasteiger partial charge is 0.309 e. The van der Waals surface area contributed by atoms with Gasteiger partial charge in [-0.2, -0.15) is 0 Å². The van der Waals surface area contributed by atoms with E-state index in [-0.39, 0.29) is 0 Å². The molecule has 0 unspecified atom stereocenters. The summed E-state index contributed by atoms with van der Waals surface area (Å²) >= 11 is 0. The standard InChI is InChI=1S/C47H32N6/c1-3-15-30(16-4-2)44-49-45(31-17-6-5-7-18-31)51-46(50-44)32-19-14-20-33(27-32)52-40-24-11-9-22-35(40)37-28-36-34-21-8-12-25-41(34)53-42-26-13-10-23-39(42)48-47(53)38(36)29-43(37)52/h3-29H,1H2,2H3/b16-4-,30-15+. The van der Waals surface area contributed by atoms with E-state index >= 15 is 0 Å². The summed E-state index contributed by atoms with van der Waals surface area (Å²) in [5.74, 6) is 1.80. The van der Waals surface area contributed by atoms with E-state index in [0.29, 0.717) is 17.5 Å². The summed E-state index contributed by atoms with van der Waals surface area (Å²) in [5.41, 5.74) is 10.1. The maximum Gasteiger partial charge on any atom is 0.164 e. The van der Waals surface area contributed by atoms with Crippen LogP contribution in [0.4, 0.5) is 0 Å². The molecule has 4 heterocycles. The van der Waals surface area contributed by atoms with Crippen LogP contribution in [0.5, 0.6) is 0 Å². The summed E-state index contributed by atoms with van der Waals surface area (Å²) < 4.78 is 4.66. The summed E-state index contributed by atoms with van der Waals surface area (Å²) in [5, 5.41) is 5.85. The molecule has 4 aromatic heterocycles. The Hall–Kier alpha value is -7.18. The van der Waals surface area contributed by atoms with Crippen molar-refractivity contribution >= 4 is 65.7 Å². The highest BCUT2D eigenvalue weighted by atomic mass is 15.0. The summed E-state index contributed by atoms with van der Waals surface area (Å²) in [4.78, 5) is 20.2. The number of fused-ring (bicyclic) bond motifs is 11. The summed E-state index contributed by atoms with van der Waals surface area (Å²) in [6.45, 7) is 5.92. The van der Waals surface area contributed by atoms with Gasteiger partial charge in [-0.1, -0.05) is 122 Å². The molecule has 53 heavy (non-hydrogen) atoms. The van der Waals surface area contributed by atoms with Gasteiger partial charge in [0.1, 0.15) is 5.65 Å². The lowest BCUT2D eigenvalue weighted by atomic mass is 10.0. The van der Waals surface area contributed by atoms with Crippen molar-refractivity contribution < 1.29 is 0 Å². The van der Waals surface area contributed by atoms with Crippen molar-refractivity contribution in [1.82, 2.24) is 28.9 Å². The Kier molecular flexibility index (Phi) is 7.08. The number of pyridine rings is 1. The Labute approximate surface area is 305 Å². The molecule has 0 N–H and O–H groups in total. The first kappa shape index (κ1) is 30.6. The van der Waals surface area contributed by atoms with Crippen LogP contribution < -0.4 is 0 Å². The van der Waals surface area contributed by atoms with Crippen molar-refractivity contribution in [2.24, 2.45) is 0 Å². The maximum atomic E-state index is 5.21. The molecule has 6 nitrogen and oxygen atoms in total. The SMILES string of the molecule is C=C/C=C(\C=C/C)c1nc(-c2ccccc2)nc(-c2cccc(-n3c4ccccc4c4cc5c6ccccc6n6c7ccccc7nc6c5cc43)c2)n1. The van der Waals surface area contributed by atoms with Crippen LogP contribution in [0.3, 0.4) is 0 Å². The topological polar surface area (TPSA) is 60.9 Å². The molecule has 0 aliphatic rings. The van der Waals surface area contributed by atoms with Gasteiger partial charge in [0.25, 0.3) is 0 Å². The molecule has 0 bridgehead atoms. The predicted molar refractivity (Wildman–Crippen MR) is 219 cm³/mol. The molecule has 0 saturated heterocycles. The van der Waals surface area contributed by atoms with Crippen molar-refractivity contribution in [3.05, 3.63) is 176 Å². The van der Waals surface area contributed by atoms with Crippen LogP contribution in [0.2, 0.25) is 0 Å². The number of allylic oxidation sites excluding steroid dienone is 5. The highest BCUT2D eigenvalue weighted by molar-refractivity contribution is 6.21. The summed E-state index contributed by atoms with van der Waals surface area (Å²) in [6.07, 6.45) is 7.67. The Balaban J connectivity index is 1.24. The zero-order valence-electron chi connectivity index (χ0n) is 29.0. The number of rotatable bonds is 6. The van der Waals surface area contributed by atoms with Gasteiger partial charge in [0.2, 0.25) is 0 Å². The number of imidazole rings is 1. The van der Waals surface area contributed by atoms with E-state index in [9.17, 15) is 0 Å². The Morgan fingerprint density at radius 2 is 1.23 bits per heavy atom. The lowest BCUT2D eigenvalue weighted by Crippen LogP contribution is -2.03. The van der Waals surface area contributed by atoms with Crippen LogP contribution in [-0.4, -0.2) is 28.9 Å². The Bertz CT molecular complexity index is 3150. The van der Waals surface area contributed by atoms with Crippen molar-refractivity contribution in [2.75, 3.05) is 0 Å². The molecule has 0 radical (unpaired) electrons. The van der Waals surface area contributed by atoms with Crippen LogP contribution in [0.15, 0.2) is 170 Å². The van der Waals surface area contributed by atoms with Gasteiger partial charge < -0.3 is 4.57 Å². The van der Waals surface area contributed by atoms with Crippen LogP contribution >= 0.6 is 0 Å². The van der Waals surface area contributed by atoms with Crippen LogP contribution in [0, 0.1) is 0 Å². The molecule has 0 atom stereocenters. The minimum absolute atomic E-state index is 0.587. The minimum atomic E-state index is 0.587. The number of para-hydroxylation sites is 4. The molecule has 0 spiro atoms. The zero-order valence-corrected chi connectivity index (χ0v) is 29.0. The monoisotopic (exact) mass is 680 g/mol. The molecule has 0 aliphatic heterocycles. The highest BCUT2D eigenvalue weighted by Crippen LogP contribution is 2.40. The molecule has 0 fully saturated rings. The van der Waals surface area contributed by atoms with Gasteiger partial charge in [-0.15, -0.1) is 0 Å². The van der Waals surface area contributed by atoms with Crippen LogP contribution in [-0.2, 0) is 0 Å². The second-order valence-electron chi connectivity index (χ2n) is 13.1. The summed E-state index contributed by atoms with van der Waals surface area (Å²) in [6, 6.07) is 48.9. The van der Waals surface area contributed by atoms with Gasteiger partial charge in [0.05, 0.1) is 27.6 Å². The third-order valence-corrected chi connectivity index (χ3v) is 9.98.